The van der Waals surface area contributed by atoms with Crippen LogP contribution in [0.5, 0.6) is 0 Å². The molecule has 0 aliphatic carbocycles. The lowest BCUT2D eigenvalue weighted by Gasteiger charge is -2.40. The number of halogens is 1. The summed E-state index contributed by atoms with van der Waals surface area (Å²) in [5, 5.41) is 3.65. The summed E-state index contributed by atoms with van der Waals surface area (Å²) in [6, 6.07) is 16.4. The highest BCUT2D eigenvalue weighted by atomic mass is 35.5. The van der Waals surface area contributed by atoms with Crippen molar-refractivity contribution in [2.45, 2.75) is 32.0 Å². The van der Waals surface area contributed by atoms with E-state index >= 15 is 0 Å². The highest BCUT2D eigenvalue weighted by Gasteiger charge is 2.34. The molecular formula is C24H30ClN3O3. The van der Waals surface area contributed by atoms with Gasteiger partial charge in [-0.1, -0.05) is 60.1 Å². The van der Waals surface area contributed by atoms with Crippen LogP contribution in [0.25, 0.3) is 0 Å². The maximum Gasteiger partial charge on any atom is 0.327 e. The van der Waals surface area contributed by atoms with E-state index in [2.05, 4.69) is 15.1 Å². The van der Waals surface area contributed by atoms with Gasteiger partial charge in [0.1, 0.15) is 6.04 Å². The minimum Gasteiger partial charge on any atom is -0.468 e. The maximum absolute atomic E-state index is 12.8. The summed E-state index contributed by atoms with van der Waals surface area (Å²) in [6.07, 6.45) is 0. The largest absolute Gasteiger partial charge is 0.468 e. The van der Waals surface area contributed by atoms with Crippen molar-refractivity contribution in [1.82, 2.24) is 15.1 Å². The van der Waals surface area contributed by atoms with Crippen LogP contribution < -0.4 is 5.32 Å². The lowest BCUT2D eigenvalue weighted by Crippen LogP contribution is -2.55. The van der Waals surface area contributed by atoms with Gasteiger partial charge in [0.05, 0.1) is 19.2 Å². The summed E-state index contributed by atoms with van der Waals surface area (Å²) in [4.78, 5) is 29.6. The lowest BCUT2D eigenvalue weighted by molar-refractivity contribution is -0.148. The molecule has 1 N–H and O–H groups in total. The minimum absolute atomic E-state index is 0.000393. The zero-order chi connectivity index (χ0) is 22.4. The summed E-state index contributed by atoms with van der Waals surface area (Å²) in [5.41, 5.74) is 1.82. The molecule has 2 aromatic carbocycles. The van der Waals surface area contributed by atoms with Crippen LogP contribution in [-0.4, -0.2) is 61.0 Å². The number of rotatable bonds is 7. The van der Waals surface area contributed by atoms with Crippen molar-refractivity contribution in [3.05, 3.63) is 70.7 Å². The zero-order valence-electron chi connectivity index (χ0n) is 18.3. The fourth-order valence-corrected chi connectivity index (χ4v) is 4.23. The lowest BCUT2D eigenvalue weighted by atomic mass is 10.0. The molecular weight excluding hydrogens is 414 g/mol. The summed E-state index contributed by atoms with van der Waals surface area (Å²) in [5.74, 6) is -0.329. The van der Waals surface area contributed by atoms with Gasteiger partial charge in [0.25, 0.3) is 0 Å². The molecule has 0 saturated carbocycles. The predicted molar refractivity (Wildman–Crippen MR) is 122 cm³/mol. The number of hydrogen-bond donors (Lipinski definition) is 1. The van der Waals surface area contributed by atoms with E-state index in [1.54, 1.807) is 6.07 Å². The Kier molecular flexibility index (Phi) is 8.07. The van der Waals surface area contributed by atoms with Gasteiger partial charge >= 0.3 is 5.97 Å². The van der Waals surface area contributed by atoms with Crippen molar-refractivity contribution < 1.29 is 14.3 Å². The van der Waals surface area contributed by atoms with Gasteiger partial charge < -0.3 is 10.1 Å². The van der Waals surface area contributed by atoms with Crippen molar-refractivity contribution in [1.29, 1.82) is 0 Å². The molecule has 0 bridgehead atoms. The van der Waals surface area contributed by atoms with Crippen molar-refractivity contribution in [2.24, 2.45) is 0 Å². The number of nitrogens with zero attached hydrogens (tertiary/aromatic N) is 2. The van der Waals surface area contributed by atoms with E-state index in [1.165, 1.54) is 7.11 Å². The van der Waals surface area contributed by atoms with E-state index in [0.717, 1.165) is 11.1 Å². The molecule has 7 heteroatoms. The molecule has 1 fully saturated rings. The Morgan fingerprint density at radius 3 is 2.13 bits per heavy atom. The molecule has 3 atom stereocenters. The fraction of sp³-hybridized carbons (Fsp3) is 0.417. The number of carbonyl (C=O) groups excluding carboxylic acids is 2. The Balaban J connectivity index is 1.61. The van der Waals surface area contributed by atoms with Gasteiger partial charge in [-0.15, -0.1) is 0 Å². The topological polar surface area (TPSA) is 61.9 Å². The van der Waals surface area contributed by atoms with Crippen LogP contribution in [0, 0.1) is 0 Å². The number of nitrogens with one attached hydrogen (secondary N) is 1. The standard InChI is InChI=1S/C24H30ClN3O3/c1-17(19-9-5-4-6-10-19)26-23(29)18(2)27-13-15-28(16-14-27)22(24(30)31-3)20-11-7-8-12-21(20)25/h4-12,17-18,22H,13-16H2,1-3H3,(H,26,29). The number of carbonyl (C=O) groups is 2. The van der Waals surface area contributed by atoms with Crippen LogP contribution in [0.2, 0.25) is 5.02 Å². The molecule has 1 aliphatic rings. The van der Waals surface area contributed by atoms with Gasteiger partial charge in [-0.3, -0.25) is 14.6 Å². The van der Waals surface area contributed by atoms with E-state index < -0.39 is 6.04 Å². The van der Waals surface area contributed by atoms with Crippen molar-refractivity contribution >= 4 is 23.5 Å². The predicted octanol–water partition coefficient (Wildman–Crippen LogP) is 3.44. The van der Waals surface area contributed by atoms with Crippen LogP contribution in [0.1, 0.15) is 37.1 Å². The quantitative estimate of drug-likeness (QED) is 0.664. The van der Waals surface area contributed by atoms with E-state index in [4.69, 9.17) is 16.3 Å². The van der Waals surface area contributed by atoms with Gasteiger partial charge in [-0.2, -0.15) is 0 Å². The van der Waals surface area contributed by atoms with Gasteiger partial charge in [-0.05, 0) is 31.0 Å². The molecule has 31 heavy (non-hydrogen) atoms. The van der Waals surface area contributed by atoms with E-state index in [0.29, 0.717) is 31.2 Å². The number of benzene rings is 2. The first kappa shape index (κ1) is 23.3. The number of piperazine rings is 1. The Morgan fingerprint density at radius 1 is 0.935 bits per heavy atom. The Hall–Kier alpha value is -2.41. The Bertz CT molecular complexity index is 885. The van der Waals surface area contributed by atoms with Crippen LogP contribution in [0.15, 0.2) is 54.6 Å². The maximum atomic E-state index is 12.8. The third-order valence-corrected chi connectivity index (χ3v) is 6.27. The summed E-state index contributed by atoms with van der Waals surface area (Å²) >= 11 is 6.36. The molecule has 1 amide bonds. The third-order valence-electron chi connectivity index (χ3n) is 5.92. The van der Waals surface area contributed by atoms with Crippen LogP contribution in [-0.2, 0) is 14.3 Å². The Morgan fingerprint density at radius 2 is 1.52 bits per heavy atom. The molecule has 1 aliphatic heterocycles. The van der Waals surface area contributed by atoms with Crippen LogP contribution >= 0.6 is 11.6 Å². The average Bonchev–Trinajstić information content (AvgIpc) is 2.80. The van der Waals surface area contributed by atoms with Crippen molar-refractivity contribution in [2.75, 3.05) is 33.3 Å². The molecule has 6 nitrogen and oxygen atoms in total. The summed E-state index contributed by atoms with van der Waals surface area (Å²) < 4.78 is 5.06. The van der Waals surface area contributed by atoms with Crippen LogP contribution in [0.3, 0.4) is 0 Å². The van der Waals surface area contributed by atoms with Gasteiger partial charge in [0, 0.05) is 31.2 Å². The minimum atomic E-state index is -0.553. The number of methoxy groups -OCH3 is 1. The first-order valence-electron chi connectivity index (χ1n) is 10.6. The SMILES string of the molecule is COC(=O)C(c1ccccc1Cl)N1CCN(C(C)C(=O)NC(C)c2ccccc2)CC1. The monoisotopic (exact) mass is 443 g/mol. The number of amides is 1. The first-order valence-corrected chi connectivity index (χ1v) is 11.0. The van der Waals surface area contributed by atoms with Crippen LogP contribution in [0.4, 0.5) is 0 Å². The normalized spacial score (nSPS) is 18.1. The molecule has 1 heterocycles. The zero-order valence-corrected chi connectivity index (χ0v) is 19.0. The molecule has 0 radical (unpaired) electrons. The molecule has 3 rings (SSSR count). The number of ether oxygens (including phenoxy) is 1. The Labute approximate surface area is 189 Å². The smallest absolute Gasteiger partial charge is 0.327 e. The highest BCUT2D eigenvalue weighted by Crippen LogP contribution is 2.29. The fourth-order valence-electron chi connectivity index (χ4n) is 3.99. The van der Waals surface area contributed by atoms with Gasteiger partial charge in [0.2, 0.25) is 5.91 Å². The van der Waals surface area contributed by atoms with Gasteiger partial charge in [0.15, 0.2) is 0 Å². The van der Waals surface area contributed by atoms with E-state index in [9.17, 15) is 9.59 Å². The van der Waals surface area contributed by atoms with Gasteiger partial charge in [-0.25, -0.2) is 4.79 Å². The molecule has 0 aromatic heterocycles. The second-order valence-corrected chi connectivity index (χ2v) is 8.24. The van der Waals surface area contributed by atoms with Crippen molar-refractivity contribution in [3.8, 4) is 0 Å². The second-order valence-electron chi connectivity index (χ2n) is 7.84. The first-order chi connectivity index (χ1) is 14.9. The molecule has 2 aromatic rings. The average molecular weight is 444 g/mol. The molecule has 166 valence electrons. The molecule has 3 unspecified atom stereocenters. The summed E-state index contributed by atoms with van der Waals surface area (Å²) in [7, 11) is 1.39. The summed E-state index contributed by atoms with van der Waals surface area (Å²) in [6.45, 7) is 6.53. The molecule has 0 spiro atoms. The number of esters is 1. The second kappa shape index (κ2) is 10.8. The highest BCUT2D eigenvalue weighted by molar-refractivity contribution is 6.31. The van der Waals surface area contributed by atoms with Crippen molar-refractivity contribution in [3.63, 3.8) is 0 Å². The van der Waals surface area contributed by atoms with E-state index in [-0.39, 0.29) is 24.0 Å². The van der Waals surface area contributed by atoms with E-state index in [1.807, 2.05) is 62.4 Å². The third kappa shape index (κ3) is 5.64. The molecule has 1 saturated heterocycles. The number of hydrogen-bond acceptors (Lipinski definition) is 5.